The summed E-state index contributed by atoms with van der Waals surface area (Å²) in [5.41, 5.74) is 2.32. The van der Waals surface area contributed by atoms with E-state index in [2.05, 4.69) is 10.3 Å². The topological polar surface area (TPSA) is 84.2 Å². The monoisotopic (exact) mass is 395 g/mol. The largest absolute Gasteiger partial charge is 0.493 e. The molecule has 0 fully saturated rings. The van der Waals surface area contributed by atoms with Gasteiger partial charge in [-0.05, 0) is 37.6 Å². The Bertz CT molecular complexity index is 1030. The third-order valence-corrected chi connectivity index (χ3v) is 5.10. The zero-order valence-electron chi connectivity index (χ0n) is 15.7. The molecule has 6 nitrogen and oxygen atoms in total. The lowest BCUT2D eigenvalue weighted by Gasteiger charge is -2.14. The number of benzene rings is 2. The van der Waals surface area contributed by atoms with Gasteiger partial charge in [-0.3, -0.25) is 14.2 Å². The van der Waals surface area contributed by atoms with Gasteiger partial charge in [0.2, 0.25) is 11.8 Å². The molecule has 0 bridgehead atoms. The number of carbonyl (C=O) groups excluding carboxylic acids is 1. The number of hydrogen-bond donors (Lipinski definition) is 2. The van der Waals surface area contributed by atoms with Gasteiger partial charge in [0.1, 0.15) is 0 Å². The molecular formula is C21H21N3O3S. The summed E-state index contributed by atoms with van der Waals surface area (Å²) in [7, 11) is 0. The first-order valence-electron chi connectivity index (χ1n) is 8.89. The summed E-state index contributed by atoms with van der Waals surface area (Å²) < 4.78 is 1.44. The van der Waals surface area contributed by atoms with Gasteiger partial charge in [0.15, 0.2) is 5.16 Å². The Balaban J connectivity index is 1.90. The smallest absolute Gasteiger partial charge is 0.265 e. The lowest BCUT2D eigenvalue weighted by Crippen LogP contribution is -2.25. The van der Waals surface area contributed by atoms with Crippen LogP contribution in [0.5, 0.6) is 5.88 Å². The lowest BCUT2D eigenvalue weighted by molar-refractivity contribution is -0.113. The van der Waals surface area contributed by atoms with Gasteiger partial charge < -0.3 is 10.4 Å². The van der Waals surface area contributed by atoms with Crippen LogP contribution in [0.2, 0.25) is 0 Å². The normalized spacial score (nSPS) is 10.6. The number of aromatic hydroxyl groups is 1. The van der Waals surface area contributed by atoms with Crippen molar-refractivity contribution in [3.05, 3.63) is 76.1 Å². The van der Waals surface area contributed by atoms with Gasteiger partial charge in [-0.1, -0.05) is 54.6 Å². The molecule has 3 rings (SSSR count). The van der Waals surface area contributed by atoms with E-state index in [1.807, 2.05) is 49.4 Å². The molecule has 1 heterocycles. The van der Waals surface area contributed by atoms with Crippen molar-refractivity contribution in [1.82, 2.24) is 9.55 Å². The van der Waals surface area contributed by atoms with E-state index >= 15 is 0 Å². The van der Waals surface area contributed by atoms with Crippen LogP contribution in [0.3, 0.4) is 0 Å². The average Bonchev–Trinajstić information content (AvgIpc) is 2.68. The fourth-order valence-corrected chi connectivity index (χ4v) is 3.50. The first-order valence-corrected chi connectivity index (χ1v) is 9.87. The number of anilines is 1. The van der Waals surface area contributed by atoms with Crippen LogP contribution in [0.4, 0.5) is 5.69 Å². The number of hydrogen-bond acceptors (Lipinski definition) is 5. The molecule has 0 unspecified atom stereocenters. The molecule has 2 aromatic carbocycles. The van der Waals surface area contributed by atoms with E-state index in [1.165, 1.54) is 4.57 Å². The number of aryl methyl sites for hydroxylation is 1. The molecule has 0 saturated carbocycles. The van der Waals surface area contributed by atoms with Crippen molar-refractivity contribution >= 4 is 23.4 Å². The predicted octanol–water partition coefficient (Wildman–Crippen LogP) is 3.54. The summed E-state index contributed by atoms with van der Waals surface area (Å²) in [5, 5.41) is 13.2. The predicted molar refractivity (Wildman–Crippen MR) is 111 cm³/mol. The molecule has 0 aliphatic rings. The summed E-state index contributed by atoms with van der Waals surface area (Å²) in [6, 6.07) is 16.6. The van der Waals surface area contributed by atoms with E-state index in [1.54, 1.807) is 19.1 Å². The number of nitrogens with zero attached hydrogens (tertiary/aromatic N) is 2. The molecule has 0 aliphatic heterocycles. The number of para-hydroxylation sites is 1. The molecule has 144 valence electrons. The van der Waals surface area contributed by atoms with E-state index in [9.17, 15) is 14.7 Å². The maximum absolute atomic E-state index is 12.9. The molecule has 7 heteroatoms. The van der Waals surface area contributed by atoms with Gasteiger partial charge in [0.05, 0.1) is 17.0 Å². The average molecular weight is 395 g/mol. The molecule has 0 saturated heterocycles. The minimum absolute atomic E-state index is 0.0537. The van der Waals surface area contributed by atoms with Crippen molar-refractivity contribution in [3.8, 4) is 11.6 Å². The molecular weight excluding hydrogens is 374 g/mol. The Kier molecular flexibility index (Phi) is 6.16. The van der Waals surface area contributed by atoms with E-state index in [0.29, 0.717) is 17.8 Å². The molecule has 2 N–H and O–H groups in total. The number of aromatic nitrogens is 2. The van der Waals surface area contributed by atoms with Crippen molar-refractivity contribution in [2.75, 3.05) is 11.1 Å². The van der Waals surface area contributed by atoms with Crippen LogP contribution in [0.15, 0.2) is 64.5 Å². The Morgan fingerprint density at radius 3 is 2.46 bits per heavy atom. The van der Waals surface area contributed by atoms with Gasteiger partial charge in [0, 0.05) is 5.69 Å². The Labute approximate surface area is 167 Å². The van der Waals surface area contributed by atoms with E-state index in [-0.39, 0.29) is 33.8 Å². The summed E-state index contributed by atoms with van der Waals surface area (Å²) in [6.07, 6.45) is 0.364. The van der Waals surface area contributed by atoms with Crippen LogP contribution < -0.4 is 10.9 Å². The summed E-state index contributed by atoms with van der Waals surface area (Å²) >= 11 is 1.10. The molecule has 0 atom stereocenters. The van der Waals surface area contributed by atoms with Gasteiger partial charge in [0.25, 0.3) is 5.56 Å². The van der Waals surface area contributed by atoms with Crippen LogP contribution in [-0.2, 0) is 11.2 Å². The lowest BCUT2D eigenvalue weighted by atomic mass is 10.2. The van der Waals surface area contributed by atoms with Crippen LogP contribution in [0.25, 0.3) is 5.69 Å². The van der Waals surface area contributed by atoms with Crippen LogP contribution in [-0.4, -0.2) is 26.3 Å². The highest BCUT2D eigenvalue weighted by atomic mass is 32.2. The minimum Gasteiger partial charge on any atom is -0.493 e. The number of nitrogens with one attached hydrogen (secondary N) is 1. The van der Waals surface area contributed by atoms with Crippen molar-refractivity contribution in [2.24, 2.45) is 0 Å². The Morgan fingerprint density at radius 1 is 1.14 bits per heavy atom. The summed E-state index contributed by atoms with van der Waals surface area (Å²) in [6.45, 7) is 3.75. The third kappa shape index (κ3) is 4.43. The van der Waals surface area contributed by atoms with Crippen LogP contribution in [0, 0.1) is 6.92 Å². The Morgan fingerprint density at radius 2 is 1.82 bits per heavy atom. The maximum atomic E-state index is 12.9. The summed E-state index contributed by atoms with van der Waals surface area (Å²) in [5.74, 6) is -0.459. The van der Waals surface area contributed by atoms with E-state index < -0.39 is 0 Å². The second-order valence-electron chi connectivity index (χ2n) is 6.23. The van der Waals surface area contributed by atoms with E-state index in [4.69, 9.17) is 0 Å². The molecule has 3 aromatic rings. The van der Waals surface area contributed by atoms with Gasteiger partial charge in [-0.25, -0.2) is 0 Å². The molecule has 1 amide bonds. The second-order valence-corrected chi connectivity index (χ2v) is 7.17. The van der Waals surface area contributed by atoms with Gasteiger partial charge in [-0.2, -0.15) is 4.98 Å². The zero-order chi connectivity index (χ0) is 20.1. The SMILES string of the molecule is CCc1c(O)nc(SCC(=O)Nc2ccccc2)n(-c2ccc(C)cc2)c1=O. The van der Waals surface area contributed by atoms with Crippen LogP contribution >= 0.6 is 11.8 Å². The van der Waals surface area contributed by atoms with Crippen molar-refractivity contribution < 1.29 is 9.90 Å². The zero-order valence-corrected chi connectivity index (χ0v) is 16.5. The van der Waals surface area contributed by atoms with Gasteiger partial charge >= 0.3 is 0 Å². The Hall–Kier alpha value is -3.06. The van der Waals surface area contributed by atoms with Crippen molar-refractivity contribution in [3.63, 3.8) is 0 Å². The number of thioether (sulfide) groups is 1. The maximum Gasteiger partial charge on any atom is 0.265 e. The second kappa shape index (κ2) is 8.75. The molecule has 0 radical (unpaired) electrons. The number of amides is 1. The van der Waals surface area contributed by atoms with Gasteiger partial charge in [-0.15, -0.1) is 0 Å². The molecule has 28 heavy (non-hydrogen) atoms. The first kappa shape index (κ1) is 19.7. The molecule has 0 aliphatic carbocycles. The molecule has 1 aromatic heterocycles. The molecule has 0 spiro atoms. The highest BCUT2D eigenvalue weighted by Gasteiger charge is 2.18. The highest BCUT2D eigenvalue weighted by molar-refractivity contribution is 7.99. The summed E-state index contributed by atoms with van der Waals surface area (Å²) in [4.78, 5) is 29.4. The quantitative estimate of drug-likeness (QED) is 0.493. The number of rotatable bonds is 6. The fraction of sp³-hybridized carbons (Fsp3) is 0.190. The third-order valence-electron chi connectivity index (χ3n) is 4.16. The number of carbonyl (C=O) groups is 1. The minimum atomic E-state index is -0.329. The van der Waals surface area contributed by atoms with Crippen molar-refractivity contribution in [1.29, 1.82) is 0 Å². The standard InChI is InChI=1S/C21H21N3O3S/c1-3-17-19(26)23-21(24(20(17)27)16-11-9-14(2)10-12-16)28-13-18(25)22-15-7-5-4-6-8-15/h4-12,26H,3,13H2,1-2H3,(H,22,25). The van der Waals surface area contributed by atoms with E-state index in [0.717, 1.165) is 17.3 Å². The first-order chi connectivity index (χ1) is 13.5. The highest BCUT2D eigenvalue weighted by Crippen LogP contribution is 2.23. The van der Waals surface area contributed by atoms with Crippen molar-refractivity contribution in [2.45, 2.75) is 25.4 Å². The fourth-order valence-electron chi connectivity index (χ4n) is 2.70. The van der Waals surface area contributed by atoms with Crippen LogP contribution in [0.1, 0.15) is 18.1 Å².